The van der Waals surface area contributed by atoms with Gasteiger partial charge in [-0.25, -0.2) is 4.98 Å². The van der Waals surface area contributed by atoms with E-state index in [0.29, 0.717) is 42.1 Å². The standard InChI is InChI=1S/C22H24N2O4/c1-5-26-17-11-12-19(27-6-2)18(13-17)23-21(25)20-15(4)28-22(24-20)16-9-7-14(3)8-10-16/h7-13H,5-6H2,1-4H3,(H,23,25). The van der Waals surface area contributed by atoms with Crippen molar-refractivity contribution in [2.45, 2.75) is 27.7 Å². The molecule has 1 heterocycles. The predicted octanol–water partition coefficient (Wildman–Crippen LogP) is 5.01. The van der Waals surface area contributed by atoms with Gasteiger partial charge in [-0.3, -0.25) is 4.79 Å². The Hall–Kier alpha value is -3.28. The van der Waals surface area contributed by atoms with Crippen LogP contribution in [0.4, 0.5) is 5.69 Å². The molecule has 0 saturated heterocycles. The molecule has 1 amide bonds. The average Bonchev–Trinajstić information content (AvgIpc) is 3.06. The highest BCUT2D eigenvalue weighted by molar-refractivity contribution is 6.04. The molecular formula is C22H24N2O4. The number of anilines is 1. The minimum atomic E-state index is -0.366. The molecule has 0 bridgehead atoms. The Bertz CT molecular complexity index is 961. The van der Waals surface area contributed by atoms with E-state index in [0.717, 1.165) is 11.1 Å². The molecule has 1 N–H and O–H groups in total. The molecule has 0 radical (unpaired) electrons. The highest BCUT2D eigenvalue weighted by Crippen LogP contribution is 2.30. The maximum atomic E-state index is 12.8. The summed E-state index contributed by atoms with van der Waals surface area (Å²) in [4.78, 5) is 17.2. The molecule has 1 aromatic heterocycles. The van der Waals surface area contributed by atoms with Crippen LogP contribution >= 0.6 is 0 Å². The van der Waals surface area contributed by atoms with Gasteiger partial charge in [0.05, 0.1) is 18.9 Å². The summed E-state index contributed by atoms with van der Waals surface area (Å²) in [5.41, 5.74) is 2.72. The van der Waals surface area contributed by atoms with E-state index in [9.17, 15) is 4.79 Å². The third-order valence-electron chi connectivity index (χ3n) is 4.12. The molecular weight excluding hydrogens is 356 g/mol. The number of hydrogen-bond donors (Lipinski definition) is 1. The number of hydrogen-bond acceptors (Lipinski definition) is 5. The van der Waals surface area contributed by atoms with E-state index in [4.69, 9.17) is 13.9 Å². The van der Waals surface area contributed by atoms with Crippen molar-refractivity contribution in [1.29, 1.82) is 0 Å². The second kappa shape index (κ2) is 8.61. The third-order valence-corrected chi connectivity index (χ3v) is 4.12. The zero-order valence-electron chi connectivity index (χ0n) is 16.5. The minimum absolute atomic E-state index is 0.236. The Labute approximate surface area is 164 Å². The second-order valence-corrected chi connectivity index (χ2v) is 6.27. The third kappa shape index (κ3) is 4.34. The number of oxazole rings is 1. The van der Waals surface area contributed by atoms with Crippen LogP contribution in [0.2, 0.25) is 0 Å². The van der Waals surface area contributed by atoms with E-state index in [1.54, 1.807) is 25.1 Å². The Morgan fingerprint density at radius 1 is 1.04 bits per heavy atom. The molecule has 0 unspecified atom stereocenters. The number of benzene rings is 2. The Morgan fingerprint density at radius 3 is 2.43 bits per heavy atom. The van der Waals surface area contributed by atoms with Crippen molar-refractivity contribution in [3.05, 3.63) is 59.5 Å². The Kier molecular flexibility index (Phi) is 5.99. The van der Waals surface area contributed by atoms with Gasteiger partial charge >= 0.3 is 0 Å². The zero-order chi connectivity index (χ0) is 20.1. The average molecular weight is 380 g/mol. The summed E-state index contributed by atoms with van der Waals surface area (Å²) in [5.74, 6) is 1.72. The SMILES string of the molecule is CCOc1ccc(OCC)c(NC(=O)c2nc(-c3ccc(C)cc3)oc2C)c1. The monoisotopic (exact) mass is 380 g/mol. The van der Waals surface area contributed by atoms with Crippen LogP contribution in [0.25, 0.3) is 11.5 Å². The quantitative estimate of drug-likeness (QED) is 0.624. The Balaban J connectivity index is 1.87. The van der Waals surface area contributed by atoms with Crippen molar-refractivity contribution in [3.63, 3.8) is 0 Å². The number of aromatic nitrogens is 1. The first kappa shape index (κ1) is 19.5. The maximum Gasteiger partial charge on any atom is 0.278 e. The van der Waals surface area contributed by atoms with Gasteiger partial charge in [0.25, 0.3) is 5.91 Å². The number of nitrogens with one attached hydrogen (secondary N) is 1. The van der Waals surface area contributed by atoms with Crippen LogP contribution in [0, 0.1) is 13.8 Å². The first-order chi connectivity index (χ1) is 13.5. The lowest BCUT2D eigenvalue weighted by Crippen LogP contribution is -2.14. The van der Waals surface area contributed by atoms with E-state index in [-0.39, 0.29) is 11.6 Å². The summed E-state index contributed by atoms with van der Waals surface area (Å²) in [6.07, 6.45) is 0. The number of rotatable bonds is 7. The molecule has 0 saturated carbocycles. The first-order valence-electron chi connectivity index (χ1n) is 9.27. The van der Waals surface area contributed by atoms with E-state index < -0.39 is 0 Å². The normalized spacial score (nSPS) is 10.6. The molecule has 0 aliphatic heterocycles. The van der Waals surface area contributed by atoms with Gasteiger partial charge in [0.2, 0.25) is 5.89 Å². The lowest BCUT2D eigenvalue weighted by atomic mass is 10.1. The summed E-state index contributed by atoms with van der Waals surface area (Å²) in [5, 5.41) is 2.86. The van der Waals surface area contributed by atoms with E-state index in [2.05, 4.69) is 10.3 Å². The fraction of sp³-hybridized carbons (Fsp3) is 0.273. The molecule has 6 nitrogen and oxygen atoms in total. The van der Waals surface area contributed by atoms with Crippen LogP contribution in [0.15, 0.2) is 46.9 Å². The van der Waals surface area contributed by atoms with Gasteiger partial charge in [-0.1, -0.05) is 17.7 Å². The topological polar surface area (TPSA) is 73.6 Å². The molecule has 146 valence electrons. The lowest BCUT2D eigenvalue weighted by molar-refractivity contribution is 0.102. The predicted molar refractivity (Wildman–Crippen MR) is 108 cm³/mol. The number of ether oxygens (including phenoxy) is 2. The maximum absolute atomic E-state index is 12.8. The van der Waals surface area contributed by atoms with Gasteiger partial charge < -0.3 is 19.2 Å². The fourth-order valence-electron chi connectivity index (χ4n) is 2.75. The van der Waals surface area contributed by atoms with Crippen molar-refractivity contribution in [2.75, 3.05) is 18.5 Å². The first-order valence-corrected chi connectivity index (χ1v) is 9.27. The van der Waals surface area contributed by atoms with Gasteiger partial charge in [-0.2, -0.15) is 0 Å². The van der Waals surface area contributed by atoms with Crippen LogP contribution in [0.1, 0.15) is 35.7 Å². The lowest BCUT2D eigenvalue weighted by Gasteiger charge is -2.13. The van der Waals surface area contributed by atoms with E-state index in [1.165, 1.54) is 0 Å². The van der Waals surface area contributed by atoms with Crippen molar-refractivity contribution >= 4 is 11.6 Å². The van der Waals surface area contributed by atoms with Gasteiger partial charge in [0, 0.05) is 11.6 Å². The van der Waals surface area contributed by atoms with E-state index in [1.807, 2.05) is 45.0 Å². The number of carbonyl (C=O) groups excluding carboxylic acids is 1. The van der Waals surface area contributed by atoms with Crippen LogP contribution in [-0.4, -0.2) is 24.1 Å². The van der Waals surface area contributed by atoms with Crippen molar-refractivity contribution < 1.29 is 18.7 Å². The summed E-state index contributed by atoms with van der Waals surface area (Å²) in [6, 6.07) is 13.1. The number of amides is 1. The van der Waals surface area contributed by atoms with E-state index >= 15 is 0 Å². The molecule has 3 aromatic rings. The van der Waals surface area contributed by atoms with Gasteiger partial charge in [-0.05, 0) is 52.0 Å². The van der Waals surface area contributed by atoms with Crippen molar-refractivity contribution in [2.24, 2.45) is 0 Å². The highest BCUT2D eigenvalue weighted by Gasteiger charge is 2.20. The van der Waals surface area contributed by atoms with Crippen molar-refractivity contribution in [3.8, 4) is 23.0 Å². The molecule has 0 aliphatic carbocycles. The molecule has 0 aliphatic rings. The molecule has 6 heteroatoms. The molecule has 0 fully saturated rings. The van der Waals surface area contributed by atoms with Crippen LogP contribution in [0.3, 0.4) is 0 Å². The number of aryl methyl sites for hydroxylation is 2. The molecule has 3 rings (SSSR count). The van der Waals surface area contributed by atoms with Gasteiger partial charge in [-0.15, -0.1) is 0 Å². The van der Waals surface area contributed by atoms with Crippen LogP contribution in [0.5, 0.6) is 11.5 Å². The fourth-order valence-corrected chi connectivity index (χ4v) is 2.75. The summed E-state index contributed by atoms with van der Waals surface area (Å²) in [6.45, 7) is 8.54. The molecule has 0 atom stereocenters. The minimum Gasteiger partial charge on any atom is -0.494 e. The van der Waals surface area contributed by atoms with Crippen LogP contribution in [-0.2, 0) is 0 Å². The summed E-state index contributed by atoms with van der Waals surface area (Å²) in [7, 11) is 0. The number of nitrogens with zero attached hydrogens (tertiary/aromatic N) is 1. The van der Waals surface area contributed by atoms with Crippen molar-refractivity contribution in [1.82, 2.24) is 4.98 Å². The summed E-state index contributed by atoms with van der Waals surface area (Å²) < 4.78 is 16.8. The smallest absolute Gasteiger partial charge is 0.278 e. The van der Waals surface area contributed by atoms with Crippen LogP contribution < -0.4 is 14.8 Å². The Morgan fingerprint density at radius 2 is 1.75 bits per heavy atom. The molecule has 28 heavy (non-hydrogen) atoms. The zero-order valence-corrected chi connectivity index (χ0v) is 16.5. The highest BCUT2D eigenvalue weighted by atomic mass is 16.5. The number of carbonyl (C=O) groups is 1. The molecule has 2 aromatic carbocycles. The summed E-state index contributed by atoms with van der Waals surface area (Å²) >= 11 is 0. The van der Waals surface area contributed by atoms with Gasteiger partial charge in [0.15, 0.2) is 5.69 Å². The second-order valence-electron chi connectivity index (χ2n) is 6.27. The van der Waals surface area contributed by atoms with Gasteiger partial charge in [0.1, 0.15) is 17.3 Å². The molecule has 0 spiro atoms. The largest absolute Gasteiger partial charge is 0.494 e.